The quantitative estimate of drug-likeness (QED) is 0.899. The Balaban J connectivity index is 1.72. The SMILES string of the molecule is CCc1ccc(CN2CCNCC2(C)C2CC2)s1. The summed E-state index contributed by atoms with van der Waals surface area (Å²) in [5.41, 5.74) is 0.397. The first kappa shape index (κ1) is 12.6. The van der Waals surface area contributed by atoms with Gasteiger partial charge < -0.3 is 5.32 Å². The van der Waals surface area contributed by atoms with Crippen LogP contribution in [-0.4, -0.2) is 30.1 Å². The molecule has 2 aliphatic rings. The van der Waals surface area contributed by atoms with E-state index in [4.69, 9.17) is 0 Å². The zero-order chi connectivity index (χ0) is 12.6. The first-order valence-corrected chi connectivity index (χ1v) is 8.07. The molecule has 1 saturated carbocycles. The van der Waals surface area contributed by atoms with Crippen molar-refractivity contribution in [1.82, 2.24) is 10.2 Å². The van der Waals surface area contributed by atoms with Crippen LogP contribution in [0, 0.1) is 5.92 Å². The van der Waals surface area contributed by atoms with Gasteiger partial charge in [-0.3, -0.25) is 4.90 Å². The summed E-state index contributed by atoms with van der Waals surface area (Å²) >= 11 is 2.00. The van der Waals surface area contributed by atoms with Gasteiger partial charge in [0.2, 0.25) is 0 Å². The Morgan fingerprint density at radius 1 is 1.39 bits per heavy atom. The fourth-order valence-electron chi connectivity index (χ4n) is 3.18. The van der Waals surface area contributed by atoms with Crippen LogP contribution in [0.2, 0.25) is 0 Å². The highest BCUT2D eigenvalue weighted by atomic mass is 32.1. The monoisotopic (exact) mass is 264 g/mol. The molecule has 3 heteroatoms. The van der Waals surface area contributed by atoms with Crippen LogP contribution in [0.3, 0.4) is 0 Å². The molecule has 0 spiro atoms. The van der Waals surface area contributed by atoms with Gasteiger partial charge in [0, 0.05) is 41.5 Å². The van der Waals surface area contributed by atoms with Gasteiger partial charge in [-0.15, -0.1) is 11.3 Å². The fraction of sp³-hybridized carbons (Fsp3) is 0.733. The van der Waals surface area contributed by atoms with Crippen LogP contribution in [0.15, 0.2) is 12.1 Å². The van der Waals surface area contributed by atoms with Crippen LogP contribution < -0.4 is 5.32 Å². The molecule has 1 saturated heterocycles. The summed E-state index contributed by atoms with van der Waals surface area (Å²) in [5.74, 6) is 0.927. The van der Waals surface area contributed by atoms with E-state index < -0.39 is 0 Å². The van der Waals surface area contributed by atoms with Crippen molar-refractivity contribution in [2.45, 2.75) is 45.2 Å². The summed E-state index contributed by atoms with van der Waals surface area (Å²) in [6, 6.07) is 4.63. The van der Waals surface area contributed by atoms with Gasteiger partial charge >= 0.3 is 0 Å². The number of rotatable bonds is 4. The lowest BCUT2D eigenvalue weighted by atomic mass is 9.91. The largest absolute Gasteiger partial charge is 0.314 e. The van der Waals surface area contributed by atoms with Crippen molar-refractivity contribution in [3.8, 4) is 0 Å². The Hall–Kier alpha value is -0.380. The molecule has 100 valence electrons. The van der Waals surface area contributed by atoms with E-state index in [0.29, 0.717) is 5.54 Å². The summed E-state index contributed by atoms with van der Waals surface area (Å²) in [5, 5.41) is 3.59. The topological polar surface area (TPSA) is 15.3 Å². The lowest BCUT2D eigenvalue weighted by Crippen LogP contribution is -2.60. The van der Waals surface area contributed by atoms with Crippen LogP contribution >= 0.6 is 11.3 Å². The van der Waals surface area contributed by atoms with Gasteiger partial charge in [0.05, 0.1) is 0 Å². The highest BCUT2D eigenvalue weighted by molar-refractivity contribution is 7.11. The van der Waals surface area contributed by atoms with Crippen LogP contribution in [0.25, 0.3) is 0 Å². The Morgan fingerprint density at radius 3 is 2.83 bits per heavy atom. The highest BCUT2D eigenvalue weighted by Crippen LogP contribution is 2.44. The van der Waals surface area contributed by atoms with Gasteiger partial charge in [0.1, 0.15) is 0 Å². The predicted octanol–water partition coefficient (Wildman–Crippen LogP) is 2.88. The molecule has 1 unspecified atom stereocenters. The summed E-state index contributed by atoms with van der Waals surface area (Å²) in [6.07, 6.45) is 4.03. The number of aryl methyl sites for hydroxylation is 1. The summed E-state index contributed by atoms with van der Waals surface area (Å²) in [6.45, 7) is 9.38. The number of nitrogens with one attached hydrogen (secondary N) is 1. The summed E-state index contributed by atoms with van der Waals surface area (Å²) < 4.78 is 0. The van der Waals surface area contributed by atoms with Crippen molar-refractivity contribution in [3.63, 3.8) is 0 Å². The molecule has 0 aromatic carbocycles. The van der Waals surface area contributed by atoms with Gasteiger partial charge in [-0.05, 0) is 44.2 Å². The maximum absolute atomic E-state index is 3.59. The average Bonchev–Trinajstić information content (AvgIpc) is 3.14. The van der Waals surface area contributed by atoms with E-state index in [1.165, 1.54) is 37.2 Å². The highest BCUT2D eigenvalue weighted by Gasteiger charge is 2.46. The van der Waals surface area contributed by atoms with Crippen LogP contribution in [0.5, 0.6) is 0 Å². The van der Waals surface area contributed by atoms with Gasteiger partial charge in [-0.1, -0.05) is 6.92 Å². The molecule has 1 atom stereocenters. The van der Waals surface area contributed by atoms with Gasteiger partial charge in [0.15, 0.2) is 0 Å². The van der Waals surface area contributed by atoms with Crippen molar-refractivity contribution in [2.24, 2.45) is 5.92 Å². The third-order valence-corrected chi connectivity index (χ3v) is 5.85. The Labute approximate surface area is 114 Å². The molecule has 18 heavy (non-hydrogen) atoms. The summed E-state index contributed by atoms with van der Waals surface area (Å²) in [4.78, 5) is 5.79. The van der Waals surface area contributed by atoms with Gasteiger partial charge in [-0.2, -0.15) is 0 Å². The third-order valence-electron chi connectivity index (χ3n) is 4.63. The molecule has 2 fully saturated rings. The maximum atomic E-state index is 3.59. The Morgan fingerprint density at radius 2 is 2.17 bits per heavy atom. The number of thiophene rings is 1. The number of hydrogen-bond donors (Lipinski definition) is 1. The van der Waals surface area contributed by atoms with Gasteiger partial charge in [-0.25, -0.2) is 0 Å². The van der Waals surface area contributed by atoms with Crippen molar-refractivity contribution < 1.29 is 0 Å². The van der Waals surface area contributed by atoms with E-state index in [-0.39, 0.29) is 0 Å². The third kappa shape index (κ3) is 2.36. The molecule has 0 radical (unpaired) electrons. The summed E-state index contributed by atoms with van der Waals surface area (Å²) in [7, 11) is 0. The van der Waals surface area contributed by atoms with E-state index in [0.717, 1.165) is 19.0 Å². The Bertz CT molecular complexity index is 410. The molecule has 1 aromatic heterocycles. The van der Waals surface area contributed by atoms with Crippen LogP contribution in [-0.2, 0) is 13.0 Å². The molecule has 3 rings (SSSR count). The molecule has 2 heterocycles. The zero-order valence-electron chi connectivity index (χ0n) is 11.5. The molecular formula is C15H24N2S. The van der Waals surface area contributed by atoms with Crippen molar-refractivity contribution in [2.75, 3.05) is 19.6 Å². The second-order valence-electron chi connectivity index (χ2n) is 5.95. The molecule has 0 amide bonds. The lowest BCUT2D eigenvalue weighted by molar-refractivity contribution is 0.0494. The number of nitrogens with zero attached hydrogens (tertiary/aromatic N) is 1. The molecular weight excluding hydrogens is 240 g/mol. The number of piperazine rings is 1. The molecule has 1 aliphatic heterocycles. The molecule has 1 N–H and O–H groups in total. The maximum Gasteiger partial charge on any atom is 0.0338 e. The minimum Gasteiger partial charge on any atom is -0.314 e. The van der Waals surface area contributed by atoms with Crippen molar-refractivity contribution in [3.05, 3.63) is 21.9 Å². The molecule has 1 aliphatic carbocycles. The number of hydrogen-bond acceptors (Lipinski definition) is 3. The van der Waals surface area contributed by atoms with E-state index >= 15 is 0 Å². The second kappa shape index (κ2) is 4.95. The van der Waals surface area contributed by atoms with Gasteiger partial charge in [0.25, 0.3) is 0 Å². The second-order valence-corrected chi connectivity index (χ2v) is 7.20. The first-order chi connectivity index (χ1) is 8.72. The normalized spacial score (nSPS) is 29.7. The molecule has 2 nitrogen and oxygen atoms in total. The standard InChI is InChI=1S/C15H24N2S/c1-3-13-6-7-14(18-13)10-17-9-8-16-11-15(17,2)12-4-5-12/h6-7,12,16H,3-5,8-11H2,1-2H3. The first-order valence-electron chi connectivity index (χ1n) is 7.26. The van der Waals surface area contributed by atoms with E-state index in [1.54, 1.807) is 4.88 Å². The van der Waals surface area contributed by atoms with E-state index in [2.05, 4.69) is 36.2 Å². The van der Waals surface area contributed by atoms with E-state index in [9.17, 15) is 0 Å². The zero-order valence-corrected chi connectivity index (χ0v) is 12.4. The van der Waals surface area contributed by atoms with Crippen LogP contribution in [0.1, 0.15) is 36.4 Å². The smallest absolute Gasteiger partial charge is 0.0338 e. The molecule has 0 bridgehead atoms. The minimum absolute atomic E-state index is 0.397. The molecule has 1 aromatic rings. The van der Waals surface area contributed by atoms with Crippen molar-refractivity contribution >= 4 is 11.3 Å². The fourth-order valence-corrected chi connectivity index (χ4v) is 4.15. The average molecular weight is 264 g/mol. The minimum atomic E-state index is 0.397. The predicted molar refractivity (Wildman–Crippen MR) is 78.1 cm³/mol. The van der Waals surface area contributed by atoms with Crippen molar-refractivity contribution in [1.29, 1.82) is 0 Å². The van der Waals surface area contributed by atoms with Crippen LogP contribution in [0.4, 0.5) is 0 Å². The van der Waals surface area contributed by atoms with E-state index in [1.807, 2.05) is 11.3 Å². The lowest BCUT2D eigenvalue weighted by Gasteiger charge is -2.45. The Kier molecular flexibility index (Phi) is 3.48.